The molecule has 0 saturated carbocycles. The number of carboxylic acid groups (broad SMARTS) is 1. The van der Waals surface area contributed by atoms with Crippen molar-refractivity contribution in [3.63, 3.8) is 0 Å². The van der Waals surface area contributed by atoms with Gasteiger partial charge in [0.25, 0.3) is 5.91 Å². The maximum absolute atomic E-state index is 13.3. The average Bonchev–Trinajstić information content (AvgIpc) is 3.64. The maximum Gasteiger partial charge on any atom is 0.490 e. The predicted molar refractivity (Wildman–Crippen MR) is 129 cm³/mol. The molecule has 16 heteroatoms. The number of carbonyl (C=O) groups is 2. The summed E-state index contributed by atoms with van der Waals surface area (Å²) in [6, 6.07) is 8.46. The van der Waals surface area contributed by atoms with Crippen LogP contribution >= 0.6 is 11.3 Å². The largest absolute Gasteiger partial charge is 0.490 e. The second-order valence-electron chi connectivity index (χ2n) is 8.57. The van der Waals surface area contributed by atoms with Gasteiger partial charge in [-0.1, -0.05) is 12.1 Å². The second kappa shape index (κ2) is 11.5. The molecule has 1 amide bonds. The number of anilines is 1. The minimum absolute atomic E-state index is 0.305. The van der Waals surface area contributed by atoms with E-state index in [0.717, 1.165) is 22.9 Å². The molecule has 0 atom stereocenters. The van der Waals surface area contributed by atoms with E-state index in [1.165, 1.54) is 34.4 Å². The molecule has 212 valence electrons. The third-order valence-corrected chi connectivity index (χ3v) is 6.46. The lowest BCUT2D eigenvalue weighted by Gasteiger charge is -2.24. The molecule has 1 N–H and O–H groups in total. The van der Waals surface area contributed by atoms with Crippen molar-refractivity contribution in [2.45, 2.75) is 19.0 Å². The van der Waals surface area contributed by atoms with Crippen molar-refractivity contribution < 1.29 is 45.8 Å². The summed E-state index contributed by atoms with van der Waals surface area (Å²) in [5, 5.41) is 17.4. The van der Waals surface area contributed by atoms with Gasteiger partial charge in [-0.3, -0.25) is 4.79 Å². The van der Waals surface area contributed by atoms with Gasteiger partial charge in [0, 0.05) is 37.6 Å². The molecule has 0 aliphatic carbocycles. The monoisotopic (exact) mass is 587 g/mol. The van der Waals surface area contributed by atoms with E-state index in [4.69, 9.17) is 14.6 Å². The third-order valence-electron chi connectivity index (χ3n) is 5.82. The Kier molecular flexibility index (Phi) is 8.27. The Balaban J connectivity index is 0.000000470. The van der Waals surface area contributed by atoms with Gasteiger partial charge in [-0.2, -0.15) is 26.3 Å². The van der Waals surface area contributed by atoms with Crippen molar-refractivity contribution >= 4 is 29.0 Å². The summed E-state index contributed by atoms with van der Waals surface area (Å²) in [4.78, 5) is 29.4. The van der Waals surface area contributed by atoms with Crippen LogP contribution in [0, 0.1) is 0 Å². The zero-order chi connectivity index (χ0) is 29.1. The number of aliphatic carboxylic acids is 1. The molecule has 5 rings (SSSR count). The normalized spacial score (nSPS) is 15.1. The average molecular weight is 588 g/mol. The smallest absolute Gasteiger partial charge is 0.475 e. The molecule has 2 aliphatic rings. The van der Waals surface area contributed by atoms with E-state index >= 15 is 0 Å². The fraction of sp³-hybridized carbons (Fsp3) is 0.292. The number of halogens is 6. The van der Waals surface area contributed by atoms with E-state index in [0.29, 0.717) is 44.5 Å². The summed E-state index contributed by atoms with van der Waals surface area (Å²) in [7, 11) is 0. The van der Waals surface area contributed by atoms with Crippen LogP contribution in [-0.2, 0) is 17.6 Å². The summed E-state index contributed by atoms with van der Waals surface area (Å²) >= 11 is 1.49. The Bertz CT molecular complexity index is 1380. The first-order chi connectivity index (χ1) is 18.8. The number of benzene rings is 1. The summed E-state index contributed by atoms with van der Waals surface area (Å²) in [5.74, 6) is -2.30. The highest BCUT2D eigenvalue weighted by Gasteiger charge is 2.39. The molecular weight excluding hydrogens is 568 g/mol. The van der Waals surface area contributed by atoms with Crippen LogP contribution in [0.2, 0.25) is 0 Å². The van der Waals surface area contributed by atoms with Crippen LogP contribution in [-0.4, -0.2) is 69.4 Å². The summed E-state index contributed by atoms with van der Waals surface area (Å²) in [5.41, 5.74) is 3.38. The molecule has 1 aromatic carbocycles. The Labute approximate surface area is 226 Å². The number of carbonyl (C=O) groups excluding carboxylic acids is 1. The lowest BCUT2D eigenvalue weighted by Crippen LogP contribution is -2.35. The molecule has 0 unspecified atom stereocenters. The number of rotatable bonds is 5. The topological polar surface area (TPSA) is 109 Å². The van der Waals surface area contributed by atoms with Gasteiger partial charge >= 0.3 is 18.3 Å². The molecule has 0 bridgehead atoms. The second-order valence-corrected chi connectivity index (χ2v) is 9.29. The van der Waals surface area contributed by atoms with Crippen LogP contribution < -0.4 is 9.64 Å². The zero-order valence-electron chi connectivity index (χ0n) is 20.2. The van der Waals surface area contributed by atoms with Crippen LogP contribution in [0.25, 0.3) is 0 Å². The maximum atomic E-state index is 13.3. The van der Waals surface area contributed by atoms with Gasteiger partial charge in [0.2, 0.25) is 5.88 Å². The van der Waals surface area contributed by atoms with E-state index in [9.17, 15) is 31.1 Å². The Morgan fingerprint density at radius 1 is 0.950 bits per heavy atom. The van der Waals surface area contributed by atoms with Crippen LogP contribution in [0.4, 0.5) is 32.2 Å². The van der Waals surface area contributed by atoms with Gasteiger partial charge in [0.1, 0.15) is 6.61 Å². The molecule has 3 aromatic rings. The Morgan fingerprint density at radius 2 is 1.60 bits per heavy atom. The first kappa shape index (κ1) is 28.8. The molecular formula is C24H19F6N5O4S. The predicted octanol–water partition coefficient (Wildman–Crippen LogP) is 4.44. The number of nitrogens with zero attached hydrogens (tertiary/aromatic N) is 5. The third kappa shape index (κ3) is 6.86. The lowest BCUT2D eigenvalue weighted by atomic mass is 10.1. The fourth-order valence-corrected chi connectivity index (χ4v) is 4.53. The highest BCUT2D eigenvalue weighted by atomic mass is 32.1. The van der Waals surface area contributed by atoms with E-state index in [2.05, 4.69) is 15.2 Å². The number of hydrogen-bond acceptors (Lipinski definition) is 8. The summed E-state index contributed by atoms with van der Waals surface area (Å²) < 4.78 is 77.2. The lowest BCUT2D eigenvalue weighted by molar-refractivity contribution is -0.192. The molecule has 40 heavy (non-hydrogen) atoms. The van der Waals surface area contributed by atoms with Crippen molar-refractivity contribution in [3.8, 4) is 5.88 Å². The fourth-order valence-electron chi connectivity index (χ4n) is 3.99. The van der Waals surface area contributed by atoms with Gasteiger partial charge in [-0.15, -0.1) is 21.5 Å². The Morgan fingerprint density at radius 3 is 2.12 bits per heavy atom. The highest BCUT2D eigenvalue weighted by Crippen LogP contribution is 2.34. The molecule has 0 fully saturated rings. The molecule has 0 radical (unpaired) electrons. The van der Waals surface area contributed by atoms with Crippen molar-refractivity contribution in [3.05, 3.63) is 75.3 Å². The summed E-state index contributed by atoms with van der Waals surface area (Å²) in [6.07, 6.45) is -9.66. The van der Waals surface area contributed by atoms with Crippen molar-refractivity contribution in [1.82, 2.24) is 20.1 Å². The quantitative estimate of drug-likeness (QED) is 0.345. The molecule has 2 aromatic heterocycles. The summed E-state index contributed by atoms with van der Waals surface area (Å²) in [6.45, 7) is 2.03. The molecule has 4 heterocycles. The highest BCUT2D eigenvalue weighted by molar-refractivity contribution is 7.07. The van der Waals surface area contributed by atoms with E-state index < -0.39 is 29.8 Å². The van der Waals surface area contributed by atoms with E-state index in [-0.39, 0.29) is 5.56 Å². The number of ether oxygens (including phenoxy) is 1. The SMILES string of the molecule is O=C(O)C(F)(F)F.O=C(c1ccccc1C(F)(F)F)N1CC2=C(C1)CN(c1ccc(OCc3cscn3)nn1)C2. The number of aromatic nitrogens is 3. The van der Waals surface area contributed by atoms with Gasteiger partial charge in [0.15, 0.2) is 5.82 Å². The van der Waals surface area contributed by atoms with Crippen LogP contribution in [0.5, 0.6) is 5.88 Å². The number of thiazole rings is 1. The number of amides is 1. The van der Waals surface area contributed by atoms with Gasteiger partial charge in [-0.25, -0.2) is 9.78 Å². The Hall–Kier alpha value is -4.21. The minimum Gasteiger partial charge on any atom is -0.475 e. The van der Waals surface area contributed by atoms with Crippen molar-refractivity contribution in [2.75, 3.05) is 31.1 Å². The molecule has 0 spiro atoms. The first-order valence-electron chi connectivity index (χ1n) is 11.4. The van der Waals surface area contributed by atoms with Gasteiger partial charge in [0.05, 0.1) is 22.3 Å². The number of hydrogen-bond donors (Lipinski definition) is 1. The minimum atomic E-state index is -5.08. The molecule has 9 nitrogen and oxygen atoms in total. The standard InChI is InChI=1S/C22H18F3N5O2S.C2HF3O2/c23-22(24,25)18-4-2-1-3-17(18)21(31)30-9-14-7-29(8-15(14)10-30)19-5-6-20(28-27-19)32-11-16-12-33-13-26-16;3-2(4,5)1(6)7/h1-6,12-13H,7-11H2;(H,6,7). The van der Waals surface area contributed by atoms with E-state index in [1.54, 1.807) is 11.6 Å². The van der Waals surface area contributed by atoms with Crippen molar-refractivity contribution in [1.29, 1.82) is 0 Å². The first-order valence-corrected chi connectivity index (χ1v) is 12.3. The van der Waals surface area contributed by atoms with Crippen molar-refractivity contribution in [2.24, 2.45) is 0 Å². The molecule has 2 aliphatic heterocycles. The number of alkyl halides is 6. The van der Waals surface area contributed by atoms with E-state index in [1.807, 2.05) is 16.3 Å². The van der Waals surface area contributed by atoms with Gasteiger partial charge < -0.3 is 19.6 Å². The van der Waals surface area contributed by atoms with Crippen LogP contribution in [0.15, 0.2) is 58.4 Å². The van der Waals surface area contributed by atoms with Crippen LogP contribution in [0.3, 0.4) is 0 Å². The van der Waals surface area contributed by atoms with Gasteiger partial charge in [-0.05, 0) is 29.3 Å². The molecule has 0 saturated heterocycles. The number of carboxylic acids is 1. The zero-order valence-corrected chi connectivity index (χ0v) is 21.1. The van der Waals surface area contributed by atoms with Crippen LogP contribution in [0.1, 0.15) is 21.6 Å².